The molecule has 2 unspecified atom stereocenters. The number of carboxylic acids is 1. The smallest absolute Gasteiger partial charge is 0.310 e. The number of aliphatic hydroxyl groups is 1. The van der Waals surface area contributed by atoms with Crippen molar-refractivity contribution in [3.05, 3.63) is 42.0 Å². The Morgan fingerprint density at radius 1 is 1.31 bits per heavy atom. The molecule has 0 aromatic heterocycles. The maximum Gasteiger partial charge on any atom is 0.310 e. The summed E-state index contributed by atoms with van der Waals surface area (Å²) >= 11 is 0. The molecule has 1 spiro atoms. The molecule has 0 saturated carbocycles. The van der Waals surface area contributed by atoms with Crippen molar-refractivity contribution >= 4 is 23.5 Å². The minimum Gasteiger partial charge on any atom is -0.481 e. The molecule has 2 bridgehead atoms. The highest BCUT2D eigenvalue weighted by molar-refractivity contribution is 6.05. The fraction of sp³-hybridized carbons (Fsp3) is 0.607. The fourth-order valence-corrected chi connectivity index (χ4v) is 6.88. The van der Waals surface area contributed by atoms with Gasteiger partial charge in [-0.05, 0) is 56.2 Å². The van der Waals surface area contributed by atoms with Crippen LogP contribution >= 0.6 is 0 Å². The minimum atomic E-state index is -1.26. The minimum absolute atomic E-state index is 0.154. The lowest BCUT2D eigenvalue weighted by Gasteiger charge is -2.41. The molecule has 3 aliphatic heterocycles. The standard InChI is InChI=1S/C28H38N2O6/c1-7-13-29(19-14-17(5)9-10-18(19)6)25(33)23-28-12-11-27(8-2,36-28)22(26(34)35)21(28)24(32)30(23)20(15-31)16(3)4/h7,9-10,14,16,20-23,31H,1,8,11-13,15H2,2-6H3,(H,34,35)/t20-,21-,22-,23?,27+,28?/m0/s1. The summed E-state index contributed by atoms with van der Waals surface area (Å²) in [6.07, 6.45) is 2.97. The van der Waals surface area contributed by atoms with Gasteiger partial charge in [-0.15, -0.1) is 6.58 Å². The summed E-state index contributed by atoms with van der Waals surface area (Å²) in [5.41, 5.74) is 0.355. The number of benzene rings is 1. The SMILES string of the molecule is C=CCN(C(=O)C1N([C@@H](CO)C(C)C)C(=O)[C@@H]2[C@@H](C(=O)O)[C@@]3(CC)CCC12O3)c1cc(C)ccc1C. The summed E-state index contributed by atoms with van der Waals surface area (Å²) in [4.78, 5) is 44.3. The number of hydrogen-bond donors (Lipinski definition) is 2. The molecule has 3 fully saturated rings. The Hall–Kier alpha value is -2.71. The summed E-state index contributed by atoms with van der Waals surface area (Å²) < 4.78 is 6.62. The van der Waals surface area contributed by atoms with Crippen LogP contribution < -0.4 is 4.90 Å². The third kappa shape index (κ3) is 3.60. The zero-order chi connectivity index (χ0) is 26.6. The van der Waals surface area contributed by atoms with Gasteiger partial charge in [0.1, 0.15) is 17.6 Å². The maximum absolute atomic E-state index is 14.6. The van der Waals surface area contributed by atoms with Crippen LogP contribution in [0, 0.1) is 31.6 Å². The number of carboxylic acid groups (broad SMARTS) is 1. The van der Waals surface area contributed by atoms with E-state index >= 15 is 0 Å². The number of carbonyl (C=O) groups excluding carboxylic acids is 2. The van der Waals surface area contributed by atoms with E-state index in [1.54, 1.807) is 11.0 Å². The van der Waals surface area contributed by atoms with E-state index < -0.39 is 47.0 Å². The molecular weight excluding hydrogens is 460 g/mol. The first kappa shape index (κ1) is 26.4. The number of fused-ring (bicyclic) bond motifs is 1. The number of hydrogen-bond acceptors (Lipinski definition) is 5. The van der Waals surface area contributed by atoms with Crippen molar-refractivity contribution in [3.8, 4) is 0 Å². The number of anilines is 1. The number of carbonyl (C=O) groups is 3. The van der Waals surface area contributed by atoms with Crippen LogP contribution in [0.5, 0.6) is 0 Å². The molecule has 0 aliphatic carbocycles. The zero-order valence-electron chi connectivity index (χ0n) is 21.9. The lowest BCUT2D eigenvalue weighted by Crippen LogP contribution is -2.60. The quantitative estimate of drug-likeness (QED) is 0.507. The Labute approximate surface area is 212 Å². The third-order valence-electron chi connectivity index (χ3n) is 8.67. The van der Waals surface area contributed by atoms with Crippen LogP contribution in [0.4, 0.5) is 5.69 Å². The summed E-state index contributed by atoms with van der Waals surface area (Å²) in [7, 11) is 0. The number of likely N-dealkylation sites (tertiary alicyclic amines) is 1. The summed E-state index contributed by atoms with van der Waals surface area (Å²) in [6.45, 7) is 13.2. The lowest BCUT2D eigenvalue weighted by atomic mass is 9.65. The molecule has 6 atom stereocenters. The molecule has 36 heavy (non-hydrogen) atoms. The van der Waals surface area contributed by atoms with Gasteiger partial charge in [-0.1, -0.05) is 39.0 Å². The van der Waals surface area contributed by atoms with Gasteiger partial charge < -0.3 is 24.7 Å². The van der Waals surface area contributed by atoms with Gasteiger partial charge in [0.2, 0.25) is 5.91 Å². The Bertz CT molecular complexity index is 1090. The third-order valence-corrected chi connectivity index (χ3v) is 8.67. The van der Waals surface area contributed by atoms with E-state index in [1.165, 1.54) is 4.90 Å². The van der Waals surface area contributed by atoms with Crippen molar-refractivity contribution in [3.63, 3.8) is 0 Å². The van der Waals surface area contributed by atoms with Crippen molar-refractivity contribution in [1.82, 2.24) is 4.90 Å². The predicted octanol–water partition coefficient (Wildman–Crippen LogP) is 3.08. The second-order valence-electron chi connectivity index (χ2n) is 10.9. The number of rotatable bonds is 9. The van der Waals surface area contributed by atoms with E-state index in [0.717, 1.165) is 11.1 Å². The van der Waals surface area contributed by atoms with E-state index in [0.29, 0.717) is 24.9 Å². The number of aliphatic hydroxyl groups excluding tert-OH is 1. The summed E-state index contributed by atoms with van der Waals surface area (Å²) in [5.74, 6) is -4.00. The molecule has 0 radical (unpaired) electrons. The van der Waals surface area contributed by atoms with E-state index in [9.17, 15) is 24.6 Å². The molecule has 3 aliphatic rings. The Morgan fingerprint density at radius 3 is 2.56 bits per heavy atom. The highest BCUT2D eigenvalue weighted by Crippen LogP contribution is 2.64. The fourth-order valence-electron chi connectivity index (χ4n) is 6.88. The molecule has 1 aromatic rings. The highest BCUT2D eigenvalue weighted by atomic mass is 16.5. The van der Waals surface area contributed by atoms with Crippen LogP contribution in [0.2, 0.25) is 0 Å². The molecule has 196 valence electrons. The van der Waals surface area contributed by atoms with Gasteiger partial charge in [-0.25, -0.2) is 0 Å². The highest BCUT2D eigenvalue weighted by Gasteiger charge is 2.79. The first-order valence-electron chi connectivity index (χ1n) is 12.8. The van der Waals surface area contributed by atoms with Gasteiger partial charge >= 0.3 is 5.97 Å². The zero-order valence-corrected chi connectivity index (χ0v) is 21.9. The monoisotopic (exact) mass is 498 g/mol. The average Bonchev–Trinajstić information content (AvgIpc) is 3.43. The van der Waals surface area contributed by atoms with Crippen molar-refractivity contribution in [1.29, 1.82) is 0 Å². The first-order valence-corrected chi connectivity index (χ1v) is 12.8. The molecule has 1 aromatic carbocycles. The number of aliphatic carboxylic acids is 1. The van der Waals surface area contributed by atoms with Gasteiger partial charge in [-0.2, -0.15) is 0 Å². The van der Waals surface area contributed by atoms with Gasteiger partial charge in [-0.3, -0.25) is 14.4 Å². The lowest BCUT2D eigenvalue weighted by molar-refractivity contribution is -0.158. The predicted molar refractivity (Wildman–Crippen MR) is 135 cm³/mol. The molecule has 2 N–H and O–H groups in total. The van der Waals surface area contributed by atoms with Crippen LogP contribution in [0.3, 0.4) is 0 Å². The number of amides is 2. The molecule has 3 saturated heterocycles. The second-order valence-corrected chi connectivity index (χ2v) is 10.9. The average molecular weight is 499 g/mol. The van der Waals surface area contributed by atoms with E-state index in [4.69, 9.17) is 4.74 Å². The van der Waals surface area contributed by atoms with Crippen molar-refractivity contribution in [2.45, 2.75) is 77.2 Å². The topological polar surface area (TPSA) is 107 Å². The van der Waals surface area contributed by atoms with Crippen molar-refractivity contribution in [2.24, 2.45) is 17.8 Å². The van der Waals surface area contributed by atoms with Gasteiger partial charge in [0, 0.05) is 12.2 Å². The van der Waals surface area contributed by atoms with Crippen molar-refractivity contribution in [2.75, 3.05) is 18.1 Å². The van der Waals surface area contributed by atoms with Gasteiger partial charge in [0.05, 0.1) is 24.2 Å². The normalized spacial score (nSPS) is 31.6. The van der Waals surface area contributed by atoms with E-state index in [1.807, 2.05) is 52.8 Å². The van der Waals surface area contributed by atoms with E-state index in [-0.39, 0.29) is 25.0 Å². The van der Waals surface area contributed by atoms with Crippen LogP contribution in [-0.2, 0) is 19.1 Å². The van der Waals surface area contributed by atoms with Gasteiger partial charge in [0.25, 0.3) is 5.91 Å². The molecular formula is C28H38N2O6. The summed E-state index contributed by atoms with van der Waals surface area (Å²) in [6, 6.07) is 4.15. The number of nitrogens with zero attached hydrogens (tertiary/aromatic N) is 2. The molecule has 8 nitrogen and oxygen atoms in total. The Morgan fingerprint density at radius 2 is 2.00 bits per heavy atom. The molecule has 2 amide bonds. The molecule has 3 heterocycles. The maximum atomic E-state index is 14.6. The molecule has 4 rings (SSSR count). The second kappa shape index (κ2) is 9.30. The molecule has 8 heteroatoms. The van der Waals surface area contributed by atoms with E-state index in [2.05, 4.69) is 6.58 Å². The largest absolute Gasteiger partial charge is 0.481 e. The van der Waals surface area contributed by atoms with Crippen LogP contribution in [0.15, 0.2) is 30.9 Å². The summed E-state index contributed by atoms with van der Waals surface area (Å²) in [5, 5.41) is 20.6. The Balaban J connectivity index is 1.91. The Kier molecular flexibility index (Phi) is 6.81. The number of aryl methyl sites for hydroxylation is 2. The first-order chi connectivity index (χ1) is 17.0. The van der Waals surface area contributed by atoms with Gasteiger partial charge in [0.15, 0.2) is 0 Å². The van der Waals surface area contributed by atoms with Crippen LogP contribution in [-0.4, -0.2) is 69.3 Å². The van der Waals surface area contributed by atoms with Crippen LogP contribution in [0.25, 0.3) is 0 Å². The van der Waals surface area contributed by atoms with Crippen molar-refractivity contribution < 1.29 is 29.3 Å². The van der Waals surface area contributed by atoms with Crippen LogP contribution in [0.1, 0.15) is 51.2 Å². The number of ether oxygens (including phenoxy) is 1.